The number of carbonyl (C=O) groups is 2. The molecule has 3 aromatic carbocycles. The Balaban J connectivity index is 2.06. The Labute approximate surface area is 238 Å². The number of halogens is 3. The van der Waals surface area contributed by atoms with Crippen molar-refractivity contribution in [2.75, 3.05) is 17.1 Å². The van der Waals surface area contributed by atoms with Crippen LogP contribution in [0.5, 0.6) is 0 Å². The van der Waals surface area contributed by atoms with Gasteiger partial charge in [0, 0.05) is 30.1 Å². The fraction of sp³-hybridized carbons (Fsp3) is 0.310. The number of nitrogens with zero attached hydrogens (tertiary/aromatic N) is 2. The Bertz CT molecular complexity index is 1420. The molecule has 0 bridgehead atoms. The molecule has 0 aliphatic heterocycles. The van der Waals surface area contributed by atoms with Crippen molar-refractivity contribution in [3.05, 3.63) is 101 Å². The van der Waals surface area contributed by atoms with Crippen LogP contribution in [0.25, 0.3) is 0 Å². The summed E-state index contributed by atoms with van der Waals surface area (Å²) in [5.41, 5.74) is 1.23. The van der Waals surface area contributed by atoms with Crippen LogP contribution in [-0.4, -0.2) is 50.0 Å². The lowest BCUT2D eigenvalue weighted by atomic mass is 10.0. The van der Waals surface area contributed by atoms with Gasteiger partial charge in [0.2, 0.25) is 21.8 Å². The van der Waals surface area contributed by atoms with Crippen molar-refractivity contribution in [3.63, 3.8) is 0 Å². The molecule has 3 rings (SSSR count). The third kappa shape index (κ3) is 8.50. The molecule has 0 heterocycles. The van der Waals surface area contributed by atoms with E-state index in [-0.39, 0.29) is 24.7 Å². The number of amides is 2. The average molecular weight is 592 g/mol. The Hall–Kier alpha value is -3.50. The highest BCUT2D eigenvalue weighted by molar-refractivity contribution is 7.92. The molecular weight excluding hydrogens is 560 g/mol. The van der Waals surface area contributed by atoms with E-state index in [2.05, 4.69) is 5.32 Å². The normalized spacial score (nSPS) is 12.8. The number of hydrogen-bond donors (Lipinski definition) is 1. The molecule has 0 saturated heterocycles. The van der Waals surface area contributed by atoms with E-state index in [1.807, 2.05) is 44.2 Å². The molecule has 40 heavy (non-hydrogen) atoms. The Morgan fingerprint density at radius 2 is 1.60 bits per heavy atom. The summed E-state index contributed by atoms with van der Waals surface area (Å²) in [6.07, 6.45) is 1.68. The second kappa shape index (κ2) is 13.7. The van der Waals surface area contributed by atoms with Crippen molar-refractivity contribution in [3.8, 4) is 0 Å². The first-order valence-corrected chi connectivity index (χ1v) is 14.9. The van der Waals surface area contributed by atoms with Gasteiger partial charge in [-0.2, -0.15) is 0 Å². The zero-order valence-electron chi connectivity index (χ0n) is 22.5. The second-order valence-corrected chi connectivity index (χ2v) is 11.9. The van der Waals surface area contributed by atoms with Crippen LogP contribution in [0.4, 0.5) is 14.5 Å². The molecule has 0 unspecified atom stereocenters. The maximum atomic E-state index is 14.0. The third-order valence-electron chi connectivity index (χ3n) is 6.41. The van der Waals surface area contributed by atoms with Crippen molar-refractivity contribution in [1.82, 2.24) is 10.2 Å². The summed E-state index contributed by atoms with van der Waals surface area (Å²) in [6.45, 7) is 2.99. The molecule has 1 N–H and O–H groups in total. The summed E-state index contributed by atoms with van der Waals surface area (Å²) in [4.78, 5) is 28.8. The van der Waals surface area contributed by atoms with Crippen LogP contribution < -0.4 is 9.62 Å². The van der Waals surface area contributed by atoms with Crippen molar-refractivity contribution in [2.45, 2.75) is 45.3 Å². The molecular formula is C29H32ClF2N3O4S. The van der Waals surface area contributed by atoms with Gasteiger partial charge in [0.05, 0.1) is 11.9 Å². The first-order valence-electron chi connectivity index (χ1n) is 12.7. The molecule has 0 saturated carbocycles. The average Bonchev–Trinajstić information content (AvgIpc) is 2.91. The molecule has 2 atom stereocenters. The van der Waals surface area contributed by atoms with Gasteiger partial charge in [-0.15, -0.1) is 0 Å². The second-order valence-electron chi connectivity index (χ2n) is 9.54. The maximum Gasteiger partial charge on any atom is 0.244 e. The van der Waals surface area contributed by atoms with Crippen LogP contribution in [0, 0.1) is 11.6 Å². The predicted molar refractivity (Wildman–Crippen MR) is 152 cm³/mol. The van der Waals surface area contributed by atoms with E-state index < -0.39 is 46.1 Å². The molecule has 0 fully saturated rings. The summed E-state index contributed by atoms with van der Waals surface area (Å²) in [7, 11) is -4.10. The number of anilines is 1. The van der Waals surface area contributed by atoms with Gasteiger partial charge in [0.1, 0.15) is 12.6 Å². The summed E-state index contributed by atoms with van der Waals surface area (Å²) in [5.74, 6) is -3.52. The monoisotopic (exact) mass is 591 g/mol. The first kappa shape index (κ1) is 31.0. The van der Waals surface area contributed by atoms with E-state index in [9.17, 15) is 26.8 Å². The molecule has 11 heteroatoms. The molecule has 0 aliphatic carbocycles. The van der Waals surface area contributed by atoms with Gasteiger partial charge < -0.3 is 10.2 Å². The van der Waals surface area contributed by atoms with Crippen molar-refractivity contribution >= 4 is 39.1 Å². The van der Waals surface area contributed by atoms with E-state index in [0.717, 1.165) is 24.0 Å². The zero-order valence-corrected chi connectivity index (χ0v) is 24.1. The number of hydrogen-bond acceptors (Lipinski definition) is 4. The van der Waals surface area contributed by atoms with Gasteiger partial charge in [-0.25, -0.2) is 17.2 Å². The van der Waals surface area contributed by atoms with E-state index in [0.29, 0.717) is 27.4 Å². The van der Waals surface area contributed by atoms with Crippen LogP contribution in [-0.2, 0) is 32.6 Å². The molecule has 0 radical (unpaired) electrons. The van der Waals surface area contributed by atoms with Crippen molar-refractivity contribution in [1.29, 1.82) is 0 Å². The highest BCUT2D eigenvalue weighted by Crippen LogP contribution is 2.23. The van der Waals surface area contributed by atoms with Gasteiger partial charge in [0.15, 0.2) is 11.6 Å². The predicted octanol–water partition coefficient (Wildman–Crippen LogP) is 4.94. The molecule has 0 aliphatic rings. The molecule has 2 amide bonds. The van der Waals surface area contributed by atoms with Crippen LogP contribution in [0.2, 0.25) is 5.02 Å². The highest BCUT2D eigenvalue weighted by Gasteiger charge is 2.33. The minimum absolute atomic E-state index is 0.0309. The lowest BCUT2D eigenvalue weighted by Gasteiger charge is -2.34. The Morgan fingerprint density at radius 3 is 2.17 bits per heavy atom. The lowest BCUT2D eigenvalue weighted by Crippen LogP contribution is -2.54. The lowest BCUT2D eigenvalue weighted by molar-refractivity contribution is -0.140. The van der Waals surface area contributed by atoms with Crippen LogP contribution >= 0.6 is 11.6 Å². The first-order chi connectivity index (χ1) is 18.9. The summed E-state index contributed by atoms with van der Waals surface area (Å²) < 4.78 is 53.7. The largest absolute Gasteiger partial charge is 0.352 e. The molecule has 0 spiro atoms. The summed E-state index contributed by atoms with van der Waals surface area (Å²) >= 11 is 6.04. The van der Waals surface area contributed by atoms with E-state index >= 15 is 0 Å². The molecule has 0 aromatic heterocycles. The van der Waals surface area contributed by atoms with Gasteiger partial charge in [-0.1, -0.05) is 61.0 Å². The van der Waals surface area contributed by atoms with Gasteiger partial charge in [-0.05, 0) is 48.7 Å². The molecule has 3 aromatic rings. The minimum atomic E-state index is -4.10. The van der Waals surface area contributed by atoms with Crippen LogP contribution in [0.3, 0.4) is 0 Å². The van der Waals surface area contributed by atoms with Gasteiger partial charge in [0.25, 0.3) is 0 Å². The van der Waals surface area contributed by atoms with E-state index in [1.165, 1.54) is 4.90 Å². The number of nitrogens with one attached hydrogen (secondary N) is 1. The minimum Gasteiger partial charge on any atom is -0.352 e. The van der Waals surface area contributed by atoms with E-state index in [4.69, 9.17) is 11.6 Å². The fourth-order valence-corrected chi connectivity index (χ4v) is 5.00. The number of carbonyl (C=O) groups excluding carboxylic acids is 2. The number of benzene rings is 3. The topological polar surface area (TPSA) is 86.8 Å². The Morgan fingerprint density at radius 1 is 0.950 bits per heavy atom. The molecule has 7 nitrogen and oxygen atoms in total. The maximum absolute atomic E-state index is 14.0. The third-order valence-corrected chi connectivity index (χ3v) is 7.80. The summed E-state index contributed by atoms with van der Waals surface area (Å²) in [5, 5.41) is 3.42. The van der Waals surface area contributed by atoms with Gasteiger partial charge in [-0.3, -0.25) is 13.9 Å². The number of sulfonamides is 1. The Kier molecular flexibility index (Phi) is 10.6. The van der Waals surface area contributed by atoms with Gasteiger partial charge >= 0.3 is 0 Å². The van der Waals surface area contributed by atoms with E-state index in [1.54, 1.807) is 24.3 Å². The van der Waals surface area contributed by atoms with Crippen LogP contribution in [0.1, 0.15) is 31.4 Å². The zero-order chi connectivity index (χ0) is 29.4. The van der Waals surface area contributed by atoms with Crippen molar-refractivity contribution < 1.29 is 26.8 Å². The fourth-order valence-electron chi connectivity index (χ4n) is 4.04. The summed E-state index contributed by atoms with van der Waals surface area (Å²) in [6, 6.07) is 17.2. The number of rotatable bonds is 12. The molecule has 214 valence electrons. The quantitative estimate of drug-likeness (QED) is 0.323. The smallest absolute Gasteiger partial charge is 0.244 e. The van der Waals surface area contributed by atoms with Crippen LogP contribution in [0.15, 0.2) is 72.8 Å². The standard InChI is InChI=1S/C29H32ClF2N3O4S/c1-4-20(2)33-29(37)27(16-21-8-6-5-7-9-21)34(18-22-10-12-23(30)13-11-22)28(36)19-35(40(3,38)39)24-14-15-25(31)26(32)17-24/h5-15,17,20,27H,4,16,18-19H2,1-3H3,(H,33,37)/t20-,27+/m1/s1. The van der Waals surface area contributed by atoms with Crippen molar-refractivity contribution in [2.24, 2.45) is 0 Å². The SMILES string of the molecule is CC[C@@H](C)NC(=O)[C@H](Cc1ccccc1)N(Cc1ccc(Cl)cc1)C(=O)CN(c1ccc(F)c(F)c1)S(C)(=O)=O. The highest BCUT2D eigenvalue weighted by atomic mass is 35.5.